The van der Waals surface area contributed by atoms with Crippen molar-refractivity contribution in [3.63, 3.8) is 0 Å². The van der Waals surface area contributed by atoms with Crippen LogP contribution in [-0.4, -0.2) is 29.0 Å². The van der Waals surface area contributed by atoms with Crippen LogP contribution >= 0.6 is 11.3 Å². The van der Waals surface area contributed by atoms with Crippen molar-refractivity contribution in [1.82, 2.24) is 9.97 Å². The van der Waals surface area contributed by atoms with E-state index in [-0.39, 0.29) is 17.8 Å². The zero-order valence-electron chi connectivity index (χ0n) is 16.9. The molecule has 3 amide bonds. The lowest BCUT2D eigenvalue weighted by molar-refractivity contribution is 0.0995. The largest absolute Gasteiger partial charge is 0.383 e. The fraction of sp³-hybridized carbons (Fsp3) is 0.0909. The van der Waals surface area contributed by atoms with Gasteiger partial charge in [0.25, 0.3) is 5.91 Å². The van der Waals surface area contributed by atoms with Crippen molar-refractivity contribution in [3.8, 4) is 0 Å². The Morgan fingerprint density at radius 1 is 1.03 bits per heavy atom. The zero-order chi connectivity index (χ0) is 22.0. The number of thiophene rings is 1. The molecule has 0 aliphatic carbocycles. The number of hydrogen-bond acceptors (Lipinski definition) is 6. The number of nitrogen functional groups attached to an aromatic ring is 1. The van der Waals surface area contributed by atoms with Crippen LogP contribution < -0.4 is 21.3 Å². The summed E-state index contributed by atoms with van der Waals surface area (Å²) in [7, 11) is 1.68. The minimum Gasteiger partial charge on any atom is -0.383 e. The number of aryl methyl sites for hydroxylation is 1. The van der Waals surface area contributed by atoms with E-state index in [4.69, 9.17) is 5.73 Å². The van der Waals surface area contributed by atoms with Crippen LogP contribution in [0.5, 0.6) is 0 Å². The Kier molecular flexibility index (Phi) is 5.50. The smallest absolute Gasteiger partial charge is 0.323 e. The molecule has 0 unspecified atom stereocenters. The van der Waals surface area contributed by atoms with E-state index in [1.165, 1.54) is 22.6 Å². The predicted molar refractivity (Wildman–Crippen MR) is 125 cm³/mol. The van der Waals surface area contributed by atoms with Gasteiger partial charge in [-0.15, -0.1) is 11.3 Å². The topological polar surface area (TPSA) is 113 Å². The number of benzene rings is 2. The summed E-state index contributed by atoms with van der Waals surface area (Å²) in [5, 5.41) is 7.87. The first-order valence-corrected chi connectivity index (χ1v) is 10.3. The van der Waals surface area contributed by atoms with E-state index in [1.54, 1.807) is 36.7 Å². The van der Waals surface area contributed by atoms with Gasteiger partial charge < -0.3 is 21.3 Å². The van der Waals surface area contributed by atoms with Crippen LogP contribution in [0, 0.1) is 6.92 Å². The summed E-state index contributed by atoms with van der Waals surface area (Å²) in [4.78, 5) is 35.6. The maximum atomic E-state index is 13.0. The van der Waals surface area contributed by atoms with Crippen molar-refractivity contribution in [2.75, 3.05) is 28.3 Å². The molecule has 2 aromatic carbocycles. The van der Waals surface area contributed by atoms with Gasteiger partial charge in [-0.2, -0.15) is 0 Å². The molecule has 2 heterocycles. The van der Waals surface area contributed by atoms with Crippen LogP contribution in [0.3, 0.4) is 0 Å². The second kappa shape index (κ2) is 8.41. The summed E-state index contributed by atoms with van der Waals surface area (Å²) in [5.41, 5.74) is 9.45. The fourth-order valence-electron chi connectivity index (χ4n) is 3.14. The second-order valence-corrected chi connectivity index (χ2v) is 7.81. The highest BCUT2D eigenvalue weighted by Gasteiger charge is 2.20. The van der Waals surface area contributed by atoms with Crippen molar-refractivity contribution in [2.45, 2.75) is 6.92 Å². The first kappa shape index (κ1) is 20.3. The van der Waals surface area contributed by atoms with Gasteiger partial charge in [0.1, 0.15) is 17.0 Å². The lowest BCUT2D eigenvalue weighted by atomic mass is 10.2. The number of nitrogens with one attached hydrogen (secondary N) is 2. The third-order valence-corrected chi connectivity index (χ3v) is 5.61. The number of hydrogen-bond donors (Lipinski definition) is 3. The first-order chi connectivity index (χ1) is 14.9. The quantitative estimate of drug-likeness (QED) is 0.439. The molecule has 31 heavy (non-hydrogen) atoms. The van der Waals surface area contributed by atoms with E-state index < -0.39 is 0 Å². The van der Waals surface area contributed by atoms with Gasteiger partial charge in [-0.1, -0.05) is 12.1 Å². The van der Waals surface area contributed by atoms with Gasteiger partial charge in [0.15, 0.2) is 0 Å². The van der Waals surface area contributed by atoms with Crippen molar-refractivity contribution in [2.24, 2.45) is 0 Å². The molecule has 4 N–H and O–H groups in total. The average Bonchev–Trinajstić information content (AvgIpc) is 3.19. The Morgan fingerprint density at radius 2 is 1.77 bits per heavy atom. The second-order valence-electron chi connectivity index (χ2n) is 6.95. The molecule has 4 aromatic rings. The lowest BCUT2D eigenvalue weighted by Gasteiger charge is -2.18. The zero-order valence-corrected chi connectivity index (χ0v) is 17.7. The summed E-state index contributed by atoms with van der Waals surface area (Å²) >= 11 is 1.35. The molecule has 9 heteroatoms. The Morgan fingerprint density at radius 3 is 2.52 bits per heavy atom. The summed E-state index contributed by atoms with van der Waals surface area (Å²) < 4.78 is 0. The minimum absolute atomic E-state index is 0.217. The highest BCUT2D eigenvalue weighted by atomic mass is 32.1. The summed E-state index contributed by atoms with van der Waals surface area (Å²) in [5.74, 6) is 0.0628. The van der Waals surface area contributed by atoms with Crippen LogP contribution in [0.25, 0.3) is 10.2 Å². The first-order valence-electron chi connectivity index (χ1n) is 9.43. The number of carbonyl (C=O) groups is 2. The van der Waals surface area contributed by atoms with Crippen molar-refractivity contribution in [1.29, 1.82) is 0 Å². The number of amides is 3. The summed E-state index contributed by atoms with van der Waals surface area (Å²) in [6.45, 7) is 1.96. The third-order valence-electron chi connectivity index (χ3n) is 4.72. The van der Waals surface area contributed by atoms with Crippen LogP contribution in [0.2, 0.25) is 0 Å². The Balaban J connectivity index is 1.46. The molecule has 0 radical (unpaired) electrons. The van der Waals surface area contributed by atoms with Gasteiger partial charge in [0.2, 0.25) is 0 Å². The number of nitrogens with two attached hydrogens (primary N) is 1. The molecule has 0 saturated carbocycles. The monoisotopic (exact) mass is 432 g/mol. The van der Waals surface area contributed by atoms with Gasteiger partial charge in [-0.3, -0.25) is 4.79 Å². The van der Waals surface area contributed by atoms with E-state index in [2.05, 4.69) is 20.6 Å². The van der Waals surface area contributed by atoms with Gasteiger partial charge in [0.05, 0.1) is 10.9 Å². The van der Waals surface area contributed by atoms with Crippen molar-refractivity contribution >= 4 is 56.4 Å². The minimum atomic E-state index is -0.344. The molecule has 0 aliphatic rings. The SMILES string of the molecule is Cc1cccc(NC(=O)Nc2ccc(N(C)C(=O)c3csc4ncnc(N)c34)cc2)c1. The van der Waals surface area contributed by atoms with E-state index in [9.17, 15) is 9.59 Å². The van der Waals surface area contributed by atoms with Crippen molar-refractivity contribution in [3.05, 3.63) is 71.4 Å². The molecular weight excluding hydrogens is 412 g/mol. The lowest BCUT2D eigenvalue weighted by Crippen LogP contribution is -2.26. The molecule has 0 spiro atoms. The number of nitrogens with zero attached hydrogens (tertiary/aromatic N) is 3. The van der Waals surface area contributed by atoms with E-state index in [0.29, 0.717) is 32.8 Å². The highest BCUT2D eigenvalue weighted by molar-refractivity contribution is 7.17. The number of urea groups is 1. The average molecular weight is 433 g/mol. The fourth-order valence-corrected chi connectivity index (χ4v) is 4.03. The maximum Gasteiger partial charge on any atom is 0.323 e. The molecule has 0 bridgehead atoms. The molecule has 0 fully saturated rings. The highest BCUT2D eigenvalue weighted by Crippen LogP contribution is 2.29. The van der Waals surface area contributed by atoms with Crippen LogP contribution in [-0.2, 0) is 0 Å². The van der Waals surface area contributed by atoms with E-state index >= 15 is 0 Å². The van der Waals surface area contributed by atoms with Crippen LogP contribution in [0.15, 0.2) is 60.2 Å². The predicted octanol–water partition coefficient (Wildman–Crippen LogP) is 4.50. The number of rotatable bonds is 4. The standard InChI is InChI=1S/C22H20N6O2S/c1-13-4-3-5-15(10-13)27-22(30)26-14-6-8-16(9-7-14)28(2)21(29)17-11-31-20-18(17)19(23)24-12-25-20/h3-12H,1-2H3,(H2,23,24,25)(H2,26,27,30). The molecular formula is C22H20N6O2S. The maximum absolute atomic E-state index is 13.0. The normalized spacial score (nSPS) is 10.6. The number of aromatic nitrogens is 2. The van der Waals surface area contributed by atoms with Crippen LogP contribution in [0.4, 0.5) is 27.7 Å². The summed E-state index contributed by atoms with van der Waals surface area (Å²) in [6, 6.07) is 14.2. The number of anilines is 4. The van der Waals surface area contributed by atoms with Gasteiger partial charge >= 0.3 is 6.03 Å². The molecule has 156 valence electrons. The van der Waals surface area contributed by atoms with Gasteiger partial charge in [-0.25, -0.2) is 14.8 Å². The Hall–Kier alpha value is -3.98. The molecule has 4 rings (SSSR count). The van der Waals surface area contributed by atoms with Gasteiger partial charge in [-0.05, 0) is 48.9 Å². The van der Waals surface area contributed by atoms with Crippen LogP contribution in [0.1, 0.15) is 15.9 Å². The molecule has 0 saturated heterocycles. The van der Waals surface area contributed by atoms with E-state index in [0.717, 1.165) is 5.56 Å². The summed E-state index contributed by atoms with van der Waals surface area (Å²) in [6.07, 6.45) is 1.38. The third kappa shape index (κ3) is 4.31. The van der Waals surface area contributed by atoms with E-state index in [1.807, 2.05) is 31.2 Å². The molecule has 0 aliphatic heterocycles. The van der Waals surface area contributed by atoms with Crippen molar-refractivity contribution < 1.29 is 9.59 Å². The number of carbonyl (C=O) groups excluding carboxylic acids is 2. The Labute approximate surface area is 182 Å². The molecule has 2 aromatic heterocycles. The molecule has 0 atom stereocenters. The number of fused-ring (bicyclic) bond motifs is 1. The van der Waals surface area contributed by atoms with Gasteiger partial charge in [0, 0.05) is 29.5 Å². The Bertz CT molecular complexity index is 1270. The molecule has 8 nitrogen and oxygen atoms in total.